The van der Waals surface area contributed by atoms with Crippen molar-refractivity contribution >= 4 is 5.97 Å². The van der Waals surface area contributed by atoms with Crippen LogP contribution in [0.4, 0.5) is 0 Å². The van der Waals surface area contributed by atoms with Crippen LogP contribution in [0, 0.1) is 5.92 Å². The molecule has 0 aromatic rings. The van der Waals surface area contributed by atoms with Crippen LogP contribution >= 0.6 is 0 Å². The summed E-state index contributed by atoms with van der Waals surface area (Å²) in [5.41, 5.74) is 0. The average molecular weight is 171 g/mol. The van der Waals surface area contributed by atoms with Crippen molar-refractivity contribution < 1.29 is 9.53 Å². The van der Waals surface area contributed by atoms with Crippen molar-refractivity contribution in [2.75, 3.05) is 13.7 Å². The summed E-state index contributed by atoms with van der Waals surface area (Å²) < 4.78 is 4.69. The number of ether oxygens (including phenoxy) is 1. The Morgan fingerprint density at radius 2 is 2.33 bits per heavy atom. The van der Waals surface area contributed by atoms with Gasteiger partial charge >= 0.3 is 5.97 Å². The molecule has 12 heavy (non-hydrogen) atoms. The standard InChI is InChI=1S/C9H17NO2/c1-3-10-8-5-4-7(6-8)9(11)12-2/h7-8,10H,3-6H2,1-2H3/t7-,8+/m0/s1. The number of carbonyl (C=O) groups is 1. The van der Waals surface area contributed by atoms with Gasteiger partial charge in [0.05, 0.1) is 13.0 Å². The summed E-state index contributed by atoms with van der Waals surface area (Å²) in [6.07, 6.45) is 3.03. The first-order chi connectivity index (χ1) is 5.77. The molecule has 0 unspecified atom stereocenters. The summed E-state index contributed by atoms with van der Waals surface area (Å²) >= 11 is 0. The highest BCUT2D eigenvalue weighted by molar-refractivity contribution is 5.72. The molecule has 0 aliphatic heterocycles. The van der Waals surface area contributed by atoms with Gasteiger partial charge in [-0.1, -0.05) is 6.92 Å². The third-order valence-electron chi connectivity index (χ3n) is 2.46. The Labute approximate surface area is 73.5 Å². The maximum atomic E-state index is 11.1. The molecule has 2 atom stereocenters. The number of hydrogen-bond acceptors (Lipinski definition) is 3. The van der Waals surface area contributed by atoms with Crippen LogP contribution in [0.15, 0.2) is 0 Å². The van der Waals surface area contributed by atoms with Crippen LogP contribution < -0.4 is 5.32 Å². The molecule has 0 aromatic heterocycles. The molecule has 1 N–H and O–H groups in total. The lowest BCUT2D eigenvalue weighted by Gasteiger charge is -2.09. The second-order valence-electron chi connectivity index (χ2n) is 3.29. The number of methoxy groups -OCH3 is 1. The van der Waals surface area contributed by atoms with Crippen molar-refractivity contribution in [3.8, 4) is 0 Å². The third-order valence-corrected chi connectivity index (χ3v) is 2.46. The number of carbonyl (C=O) groups excluding carboxylic acids is 1. The van der Waals surface area contributed by atoms with Crippen molar-refractivity contribution in [1.29, 1.82) is 0 Å². The molecule has 1 fully saturated rings. The minimum atomic E-state index is -0.0459. The maximum Gasteiger partial charge on any atom is 0.308 e. The third kappa shape index (κ3) is 2.21. The minimum Gasteiger partial charge on any atom is -0.469 e. The van der Waals surface area contributed by atoms with Crippen molar-refractivity contribution in [3.63, 3.8) is 0 Å². The fraction of sp³-hybridized carbons (Fsp3) is 0.889. The van der Waals surface area contributed by atoms with Gasteiger partial charge in [-0.25, -0.2) is 0 Å². The monoisotopic (exact) mass is 171 g/mol. The Kier molecular flexibility index (Phi) is 3.53. The molecule has 1 saturated carbocycles. The Hall–Kier alpha value is -0.570. The van der Waals surface area contributed by atoms with Crippen LogP contribution in [-0.4, -0.2) is 25.7 Å². The van der Waals surface area contributed by atoms with E-state index in [1.807, 2.05) is 0 Å². The van der Waals surface area contributed by atoms with E-state index >= 15 is 0 Å². The van der Waals surface area contributed by atoms with Crippen LogP contribution in [0.3, 0.4) is 0 Å². The van der Waals surface area contributed by atoms with E-state index in [0.29, 0.717) is 6.04 Å². The first kappa shape index (κ1) is 9.52. The molecular formula is C9H17NO2. The highest BCUT2D eigenvalue weighted by Crippen LogP contribution is 2.26. The summed E-state index contributed by atoms with van der Waals surface area (Å²) in [7, 11) is 1.46. The van der Waals surface area contributed by atoms with E-state index in [-0.39, 0.29) is 11.9 Å². The molecule has 0 aromatic carbocycles. The SMILES string of the molecule is CCN[C@@H]1CC[C@H](C(=O)OC)C1. The molecule has 3 nitrogen and oxygen atoms in total. The minimum absolute atomic E-state index is 0.0459. The zero-order chi connectivity index (χ0) is 8.97. The van der Waals surface area contributed by atoms with Gasteiger partial charge in [0, 0.05) is 6.04 Å². The van der Waals surface area contributed by atoms with Gasteiger partial charge in [-0.3, -0.25) is 4.79 Å². The van der Waals surface area contributed by atoms with Crippen LogP contribution in [-0.2, 0) is 9.53 Å². The van der Waals surface area contributed by atoms with Gasteiger partial charge < -0.3 is 10.1 Å². The number of hydrogen-bond donors (Lipinski definition) is 1. The second kappa shape index (κ2) is 4.45. The predicted molar refractivity (Wildman–Crippen MR) is 46.8 cm³/mol. The van der Waals surface area contributed by atoms with Gasteiger partial charge in [-0.15, -0.1) is 0 Å². The molecule has 70 valence electrons. The van der Waals surface area contributed by atoms with Gasteiger partial charge in [0.15, 0.2) is 0 Å². The smallest absolute Gasteiger partial charge is 0.308 e. The summed E-state index contributed by atoms with van der Waals surface area (Å²) in [5, 5.41) is 3.35. The lowest BCUT2D eigenvalue weighted by Crippen LogP contribution is -2.26. The van der Waals surface area contributed by atoms with Crippen molar-refractivity contribution in [3.05, 3.63) is 0 Å². The fourth-order valence-electron chi connectivity index (χ4n) is 1.84. The fourth-order valence-corrected chi connectivity index (χ4v) is 1.84. The molecule has 3 heteroatoms. The summed E-state index contributed by atoms with van der Waals surface area (Å²) in [6.45, 7) is 3.07. The molecule has 0 amide bonds. The number of esters is 1. The summed E-state index contributed by atoms with van der Waals surface area (Å²) in [6, 6.07) is 0.527. The summed E-state index contributed by atoms with van der Waals surface area (Å²) in [5.74, 6) is 0.0921. The normalized spacial score (nSPS) is 28.8. The van der Waals surface area contributed by atoms with Crippen molar-refractivity contribution in [2.45, 2.75) is 32.2 Å². The topological polar surface area (TPSA) is 38.3 Å². The first-order valence-electron chi connectivity index (χ1n) is 4.59. The van der Waals surface area contributed by atoms with Crippen LogP contribution in [0.1, 0.15) is 26.2 Å². The van der Waals surface area contributed by atoms with Gasteiger partial charge in [-0.2, -0.15) is 0 Å². The van der Waals surface area contributed by atoms with E-state index in [9.17, 15) is 4.79 Å². The molecule has 0 heterocycles. The van der Waals surface area contributed by atoms with Gasteiger partial charge in [0.2, 0.25) is 0 Å². The van der Waals surface area contributed by atoms with Gasteiger partial charge in [-0.05, 0) is 25.8 Å². The van der Waals surface area contributed by atoms with Crippen LogP contribution in [0.25, 0.3) is 0 Å². The van der Waals surface area contributed by atoms with Crippen LogP contribution in [0.2, 0.25) is 0 Å². The molecule has 0 saturated heterocycles. The highest BCUT2D eigenvalue weighted by atomic mass is 16.5. The quantitative estimate of drug-likeness (QED) is 0.642. The lowest BCUT2D eigenvalue weighted by atomic mass is 10.1. The van der Waals surface area contributed by atoms with Crippen molar-refractivity contribution in [2.24, 2.45) is 5.92 Å². The van der Waals surface area contributed by atoms with Crippen molar-refractivity contribution in [1.82, 2.24) is 5.32 Å². The number of nitrogens with one attached hydrogen (secondary N) is 1. The molecule has 0 bridgehead atoms. The largest absolute Gasteiger partial charge is 0.469 e. The summed E-state index contributed by atoms with van der Waals surface area (Å²) in [4.78, 5) is 11.1. The van der Waals surface area contributed by atoms with E-state index in [4.69, 9.17) is 4.74 Å². The lowest BCUT2D eigenvalue weighted by molar-refractivity contribution is -0.145. The molecule has 1 aliphatic rings. The van der Waals surface area contributed by atoms with Gasteiger partial charge in [0.25, 0.3) is 0 Å². The Morgan fingerprint density at radius 3 is 2.92 bits per heavy atom. The highest BCUT2D eigenvalue weighted by Gasteiger charge is 2.29. The molecule has 0 spiro atoms. The Balaban J connectivity index is 2.30. The first-order valence-corrected chi connectivity index (χ1v) is 4.59. The number of rotatable bonds is 3. The zero-order valence-corrected chi connectivity index (χ0v) is 7.80. The van der Waals surface area contributed by atoms with E-state index in [2.05, 4.69) is 12.2 Å². The van der Waals surface area contributed by atoms with E-state index in [1.165, 1.54) is 7.11 Å². The Morgan fingerprint density at radius 1 is 1.58 bits per heavy atom. The zero-order valence-electron chi connectivity index (χ0n) is 7.80. The second-order valence-corrected chi connectivity index (χ2v) is 3.29. The van der Waals surface area contributed by atoms with E-state index in [0.717, 1.165) is 25.8 Å². The predicted octanol–water partition coefficient (Wildman–Crippen LogP) is 0.938. The van der Waals surface area contributed by atoms with Gasteiger partial charge in [0.1, 0.15) is 0 Å². The molecule has 1 aliphatic carbocycles. The van der Waals surface area contributed by atoms with Crippen LogP contribution in [0.5, 0.6) is 0 Å². The molecular weight excluding hydrogens is 154 g/mol. The van der Waals surface area contributed by atoms with E-state index in [1.54, 1.807) is 0 Å². The molecule has 0 radical (unpaired) electrons. The average Bonchev–Trinajstić information content (AvgIpc) is 2.52. The maximum absolute atomic E-state index is 11.1. The molecule has 1 rings (SSSR count). The Bertz CT molecular complexity index is 159. The van der Waals surface area contributed by atoms with E-state index < -0.39 is 0 Å².